The predicted octanol–water partition coefficient (Wildman–Crippen LogP) is 3.69. The van der Waals surface area contributed by atoms with Crippen molar-refractivity contribution in [2.75, 3.05) is 0 Å². The van der Waals surface area contributed by atoms with E-state index in [9.17, 15) is 0 Å². The van der Waals surface area contributed by atoms with Crippen LogP contribution in [0.15, 0.2) is 61.2 Å². The highest BCUT2D eigenvalue weighted by Gasteiger charge is 2.15. The Kier molecular flexibility index (Phi) is 4.74. The molecule has 0 N–H and O–H groups in total. The van der Waals surface area contributed by atoms with E-state index in [4.69, 9.17) is 0 Å². The summed E-state index contributed by atoms with van der Waals surface area (Å²) >= 11 is 0. The van der Waals surface area contributed by atoms with Crippen molar-refractivity contribution in [3.8, 4) is 0 Å². The van der Waals surface area contributed by atoms with E-state index in [1.807, 2.05) is 0 Å². The Morgan fingerprint density at radius 2 is 1.08 bits per heavy atom. The molecule has 0 fully saturated rings. The molecule has 0 bridgehead atoms. The molecule has 0 spiro atoms. The fourth-order valence-electron chi connectivity index (χ4n) is 3.91. The van der Waals surface area contributed by atoms with Gasteiger partial charge in [-0.25, -0.2) is 18.3 Å². The molecule has 0 saturated carbocycles. The summed E-state index contributed by atoms with van der Waals surface area (Å²) in [5.41, 5.74) is 5.33. The minimum atomic E-state index is 1.01. The van der Waals surface area contributed by atoms with E-state index in [0.717, 1.165) is 26.2 Å². The standard InChI is InChI=1S/C22H28N4/c1-3-23-17-25(21-13-7-5-11-19(21)23)15-9-10-16-26-18-24(4-2)20-12-6-8-14-22(20)26/h5-8,11-14,17-18H,3-4,9-10,15-16H2,1-2H3/q+2. The maximum absolute atomic E-state index is 2.40. The molecular weight excluding hydrogens is 320 g/mol. The summed E-state index contributed by atoms with van der Waals surface area (Å²) in [6.07, 6.45) is 6.89. The second kappa shape index (κ2) is 7.32. The first-order valence-corrected chi connectivity index (χ1v) is 9.76. The lowest BCUT2D eigenvalue weighted by Crippen LogP contribution is -2.35. The molecule has 2 aromatic heterocycles. The number of hydrogen-bond acceptors (Lipinski definition) is 0. The van der Waals surface area contributed by atoms with Gasteiger partial charge in [-0.1, -0.05) is 24.3 Å². The highest BCUT2D eigenvalue weighted by molar-refractivity contribution is 5.72. The third-order valence-electron chi connectivity index (χ3n) is 5.29. The molecule has 0 radical (unpaired) electrons. The molecule has 0 atom stereocenters. The quantitative estimate of drug-likeness (QED) is 0.358. The molecule has 0 saturated heterocycles. The lowest BCUT2D eigenvalue weighted by molar-refractivity contribution is -0.684. The molecule has 26 heavy (non-hydrogen) atoms. The van der Waals surface area contributed by atoms with Crippen LogP contribution in [-0.4, -0.2) is 9.13 Å². The lowest BCUT2D eigenvalue weighted by Gasteiger charge is -1.99. The second-order valence-corrected chi connectivity index (χ2v) is 6.87. The Labute approximate surface area is 154 Å². The third-order valence-corrected chi connectivity index (χ3v) is 5.29. The zero-order valence-electron chi connectivity index (χ0n) is 15.8. The summed E-state index contributed by atoms with van der Waals surface area (Å²) in [5.74, 6) is 0. The van der Waals surface area contributed by atoms with E-state index in [-0.39, 0.29) is 0 Å². The van der Waals surface area contributed by atoms with Crippen molar-refractivity contribution in [1.29, 1.82) is 0 Å². The molecular formula is C22H28N4+2. The monoisotopic (exact) mass is 348 g/mol. The van der Waals surface area contributed by atoms with Crippen LogP contribution in [0.4, 0.5) is 0 Å². The molecule has 0 unspecified atom stereocenters. The van der Waals surface area contributed by atoms with Crippen molar-refractivity contribution in [3.63, 3.8) is 0 Å². The summed E-state index contributed by atoms with van der Waals surface area (Å²) in [6.45, 7) is 8.58. The second-order valence-electron chi connectivity index (χ2n) is 6.87. The molecule has 4 rings (SSSR count). The van der Waals surface area contributed by atoms with E-state index >= 15 is 0 Å². The normalized spacial score (nSPS) is 11.6. The number of imidazole rings is 2. The average Bonchev–Trinajstić information content (AvgIpc) is 3.23. The number of para-hydroxylation sites is 4. The van der Waals surface area contributed by atoms with Crippen LogP contribution >= 0.6 is 0 Å². The van der Waals surface area contributed by atoms with E-state index in [2.05, 4.69) is 93.3 Å². The smallest absolute Gasteiger partial charge is 0.230 e. The first-order chi connectivity index (χ1) is 12.8. The van der Waals surface area contributed by atoms with Crippen molar-refractivity contribution < 1.29 is 9.13 Å². The van der Waals surface area contributed by atoms with Gasteiger partial charge < -0.3 is 0 Å². The highest BCUT2D eigenvalue weighted by atomic mass is 15.1. The van der Waals surface area contributed by atoms with Gasteiger partial charge in [-0.3, -0.25) is 0 Å². The fourth-order valence-corrected chi connectivity index (χ4v) is 3.91. The zero-order chi connectivity index (χ0) is 17.9. The molecule has 0 aliphatic carbocycles. The Bertz CT molecular complexity index is 941. The molecule has 0 amide bonds. The number of unbranched alkanes of at least 4 members (excludes halogenated alkanes) is 1. The summed E-state index contributed by atoms with van der Waals surface area (Å²) in [5, 5.41) is 0. The third kappa shape index (κ3) is 3.00. The van der Waals surface area contributed by atoms with Crippen molar-refractivity contribution >= 4 is 22.1 Å². The van der Waals surface area contributed by atoms with Crippen LogP contribution in [-0.2, 0) is 26.2 Å². The van der Waals surface area contributed by atoms with Crippen molar-refractivity contribution in [1.82, 2.24) is 9.13 Å². The lowest BCUT2D eigenvalue weighted by atomic mass is 10.2. The molecule has 134 valence electrons. The average molecular weight is 348 g/mol. The van der Waals surface area contributed by atoms with Gasteiger partial charge >= 0.3 is 0 Å². The van der Waals surface area contributed by atoms with Crippen molar-refractivity contribution in [2.45, 2.75) is 52.9 Å². The van der Waals surface area contributed by atoms with Crippen LogP contribution in [0.2, 0.25) is 0 Å². The number of hydrogen-bond donors (Lipinski definition) is 0. The zero-order valence-corrected chi connectivity index (χ0v) is 15.8. The Balaban J connectivity index is 1.45. The molecule has 2 aromatic carbocycles. The summed E-state index contributed by atoms with van der Waals surface area (Å²) in [6, 6.07) is 17.4. The minimum absolute atomic E-state index is 1.01. The summed E-state index contributed by atoms with van der Waals surface area (Å²) in [4.78, 5) is 0. The van der Waals surface area contributed by atoms with Gasteiger partial charge in [-0.2, -0.15) is 0 Å². The maximum Gasteiger partial charge on any atom is 0.244 e. The molecule has 4 aromatic rings. The van der Waals surface area contributed by atoms with E-state index in [1.165, 1.54) is 34.9 Å². The molecule has 0 aliphatic heterocycles. The Morgan fingerprint density at radius 3 is 1.50 bits per heavy atom. The predicted molar refractivity (Wildman–Crippen MR) is 105 cm³/mol. The van der Waals surface area contributed by atoms with Crippen molar-refractivity contribution in [2.24, 2.45) is 0 Å². The van der Waals surface area contributed by atoms with E-state index in [1.54, 1.807) is 0 Å². The van der Waals surface area contributed by atoms with Crippen LogP contribution in [0.1, 0.15) is 26.7 Å². The van der Waals surface area contributed by atoms with E-state index in [0.29, 0.717) is 0 Å². The van der Waals surface area contributed by atoms with Crippen LogP contribution in [0.25, 0.3) is 22.1 Å². The van der Waals surface area contributed by atoms with Crippen LogP contribution in [0, 0.1) is 0 Å². The fraction of sp³-hybridized carbons (Fsp3) is 0.364. The van der Waals surface area contributed by atoms with Crippen molar-refractivity contribution in [3.05, 3.63) is 61.2 Å². The number of benzene rings is 2. The van der Waals surface area contributed by atoms with Gasteiger partial charge in [0.2, 0.25) is 12.7 Å². The van der Waals surface area contributed by atoms with Gasteiger partial charge in [0.15, 0.2) is 22.1 Å². The van der Waals surface area contributed by atoms with Crippen LogP contribution < -0.4 is 9.13 Å². The van der Waals surface area contributed by atoms with E-state index < -0.39 is 0 Å². The van der Waals surface area contributed by atoms with Gasteiger partial charge in [0.25, 0.3) is 0 Å². The largest absolute Gasteiger partial charge is 0.244 e. The molecule has 4 nitrogen and oxygen atoms in total. The number of nitrogens with zero attached hydrogens (tertiary/aromatic N) is 4. The summed E-state index contributed by atoms with van der Waals surface area (Å²) < 4.78 is 9.47. The minimum Gasteiger partial charge on any atom is -0.230 e. The molecule has 2 heterocycles. The highest BCUT2D eigenvalue weighted by Crippen LogP contribution is 2.12. The SMILES string of the molecule is CCn1c[n+](CCCC[n+]2cn(CC)c3ccccc32)c2ccccc21. The number of fused-ring (bicyclic) bond motifs is 2. The van der Waals surface area contributed by atoms with Gasteiger partial charge in [0.1, 0.15) is 0 Å². The van der Waals surface area contributed by atoms with Gasteiger partial charge in [0.05, 0.1) is 26.2 Å². The maximum atomic E-state index is 2.40. The Morgan fingerprint density at radius 1 is 0.654 bits per heavy atom. The Hall–Kier alpha value is -2.62. The first kappa shape index (κ1) is 16.8. The number of rotatable bonds is 7. The van der Waals surface area contributed by atoms with Gasteiger partial charge in [0, 0.05) is 0 Å². The van der Waals surface area contributed by atoms with Gasteiger partial charge in [-0.05, 0) is 51.0 Å². The van der Waals surface area contributed by atoms with Gasteiger partial charge in [-0.15, -0.1) is 0 Å². The number of aromatic nitrogens is 4. The first-order valence-electron chi connectivity index (χ1n) is 9.76. The topological polar surface area (TPSA) is 17.6 Å². The molecule has 4 heteroatoms. The molecule has 0 aliphatic rings. The van der Waals surface area contributed by atoms with Crippen LogP contribution in [0.5, 0.6) is 0 Å². The summed E-state index contributed by atoms with van der Waals surface area (Å²) in [7, 11) is 0. The number of aryl methyl sites for hydroxylation is 4. The van der Waals surface area contributed by atoms with Crippen LogP contribution in [0.3, 0.4) is 0 Å².